The van der Waals surface area contributed by atoms with Crippen LogP contribution in [0.25, 0.3) is 0 Å². The number of hydrogen-bond donors (Lipinski definition) is 2. The molecule has 24 heavy (non-hydrogen) atoms. The third-order valence-electron chi connectivity index (χ3n) is 3.50. The van der Waals surface area contributed by atoms with Crippen LogP contribution in [0.2, 0.25) is 5.02 Å². The molecule has 7 heteroatoms. The molecule has 0 aliphatic carbocycles. The molecule has 0 unspecified atom stereocenters. The van der Waals surface area contributed by atoms with Crippen LogP contribution in [-0.2, 0) is 0 Å². The molecule has 1 heterocycles. The monoisotopic (exact) mass is 347 g/mol. The van der Waals surface area contributed by atoms with E-state index in [0.717, 1.165) is 25.1 Å². The number of carbonyl (C=O) groups is 1. The molecule has 0 aliphatic heterocycles. The zero-order chi connectivity index (χ0) is 17.5. The van der Waals surface area contributed by atoms with Gasteiger partial charge in [-0.3, -0.25) is 4.79 Å². The van der Waals surface area contributed by atoms with Crippen molar-refractivity contribution in [2.24, 2.45) is 0 Å². The van der Waals surface area contributed by atoms with Crippen molar-refractivity contribution in [1.29, 1.82) is 0 Å². The van der Waals surface area contributed by atoms with Gasteiger partial charge in [-0.2, -0.15) is 0 Å². The summed E-state index contributed by atoms with van der Waals surface area (Å²) in [7, 11) is 4.07. The number of rotatable bonds is 7. The lowest BCUT2D eigenvalue weighted by Gasteiger charge is -2.10. The van der Waals surface area contributed by atoms with Crippen molar-refractivity contribution in [3.05, 3.63) is 46.7 Å². The van der Waals surface area contributed by atoms with Gasteiger partial charge < -0.3 is 15.5 Å². The summed E-state index contributed by atoms with van der Waals surface area (Å²) in [5.41, 5.74) is 1.90. The first-order valence-electron chi connectivity index (χ1n) is 7.74. The molecule has 0 atom stereocenters. The van der Waals surface area contributed by atoms with Crippen LogP contribution in [0.3, 0.4) is 0 Å². The van der Waals surface area contributed by atoms with Crippen molar-refractivity contribution in [3.63, 3.8) is 0 Å². The van der Waals surface area contributed by atoms with E-state index in [2.05, 4.69) is 25.5 Å². The standard InChI is InChI=1S/C17H22ClN5O/c1-12-14(18)6-4-7-15(12)22-16(24)13-10-20-17(21-11-13)19-8-5-9-23(2)3/h4,6-7,10-11H,5,8-9H2,1-3H3,(H,22,24)(H,19,20,21). The molecule has 1 amide bonds. The zero-order valence-corrected chi connectivity index (χ0v) is 14.9. The summed E-state index contributed by atoms with van der Waals surface area (Å²) >= 11 is 6.06. The Balaban J connectivity index is 1.92. The van der Waals surface area contributed by atoms with Crippen molar-refractivity contribution in [2.45, 2.75) is 13.3 Å². The van der Waals surface area contributed by atoms with Crippen LogP contribution in [0.15, 0.2) is 30.6 Å². The predicted molar refractivity (Wildman–Crippen MR) is 97.8 cm³/mol. The van der Waals surface area contributed by atoms with Gasteiger partial charge in [0.1, 0.15) is 0 Å². The highest BCUT2D eigenvalue weighted by atomic mass is 35.5. The van der Waals surface area contributed by atoms with Crippen molar-refractivity contribution in [2.75, 3.05) is 37.8 Å². The molecule has 1 aromatic heterocycles. The fourth-order valence-corrected chi connectivity index (χ4v) is 2.24. The number of carbonyl (C=O) groups excluding carboxylic acids is 1. The Kier molecular flexibility index (Phi) is 6.52. The van der Waals surface area contributed by atoms with Gasteiger partial charge in [0, 0.05) is 29.6 Å². The number of nitrogens with zero attached hydrogens (tertiary/aromatic N) is 3. The van der Waals surface area contributed by atoms with Crippen molar-refractivity contribution in [3.8, 4) is 0 Å². The van der Waals surface area contributed by atoms with Gasteiger partial charge in [0.2, 0.25) is 5.95 Å². The topological polar surface area (TPSA) is 70.2 Å². The molecule has 0 bridgehead atoms. The third kappa shape index (κ3) is 5.18. The smallest absolute Gasteiger partial charge is 0.258 e. The Morgan fingerprint density at radius 1 is 1.25 bits per heavy atom. The minimum Gasteiger partial charge on any atom is -0.354 e. The van der Waals surface area contributed by atoms with Crippen LogP contribution in [0.4, 0.5) is 11.6 Å². The lowest BCUT2D eigenvalue weighted by molar-refractivity contribution is 0.102. The normalized spacial score (nSPS) is 10.7. The number of anilines is 2. The maximum Gasteiger partial charge on any atom is 0.258 e. The number of aromatic nitrogens is 2. The van der Waals surface area contributed by atoms with Crippen LogP contribution in [0.5, 0.6) is 0 Å². The average molecular weight is 348 g/mol. The number of benzene rings is 1. The lowest BCUT2D eigenvalue weighted by Crippen LogP contribution is -2.17. The molecule has 0 saturated heterocycles. The Morgan fingerprint density at radius 2 is 1.96 bits per heavy atom. The Morgan fingerprint density at radius 3 is 2.62 bits per heavy atom. The number of hydrogen-bond acceptors (Lipinski definition) is 5. The van der Waals surface area contributed by atoms with Crippen molar-refractivity contribution >= 4 is 29.1 Å². The lowest BCUT2D eigenvalue weighted by atomic mass is 10.2. The van der Waals surface area contributed by atoms with Gasteiger partial charge in [-0.25, -0.2) is 9.97 Å². The second kappa shape index (κ2) is 8.61. The van der Waals surface area contributed by atoms with E-state index in [1.807, 2.05) is 21.0 Å². The molecule has 2 aromatic rings. The number of halogens is 1. The molecule has 128 valence electrons. The minimum absolute atomic E-state index is 0.264. The maximum absolute atomic E-state index is 12.3. The first-order valence-corrected chi connectivity index (χ1v) is 8.12. The third-order valence-corrected chi connectivity index (χ3v) is 3.90. The maximum atomic E-state index is 12.3. The highest BCUT2D eigenvalue weighted by Gasteiger charge is 2.10. The molecule has 1 aromatic carbocycles. The quantitative estimate of drug-likeness (QED) is 0.753. The van der Waals surface area contributed by atoms with E-state index in [-0.39, 0.29) is 5.91 Å². The Hall–Kier alpha value is -2.18. The molecule has 0 aliphatic rings. The molecule has 6 nitrogen and oxygen atoms in total. The molecule has 2 rings (SSSR count). The summed E-state index contributed by atoms with van der Waals surface area (Å²) < 4.78 is 0. The average Bonchev–Trinajstić information content (AvgIpc) is 2.56. The van der Waals surface area contributed by atoms with Crippen LogP contribution in [0, 0.1) is 6.92 Å². The van der Waals surface area contributed by atoms with Crippen LogP contribution < -0.4 is 10.6 Å². The van der Waals surface area contributed by atoms with Gasteiger partial charge in [0.25, 0.3) is 5.91 Å². The summed E-state index contributed by atoms with van der Waals surface area (Å²) in [6.45, 7) is 3.63. The highest BCUT2D eigenvalue weighted by Crippen LogP contribution is 2.23. The minimum atomic E-state index is -0.264. The molecule has 0 spiro atoms. The Bertz CT molecular complexity index is 688. The van der Waals surface area contributed by atoms with Gasteiger partial charge in [0.15, 0.2) is 0 Å². The fraction of sp³-hybridized carbons (Fsp3) is 0.353. The van der Waals surface area contributed by atoms with E-state index in [9.17, 15) is 4.79 Å². The summed E-state index contributed by atoms with van der Waals surface area (Å²) in [6.07, 6.45) is 4.01. The molecule has 0 fully saturated rings. The van der Waals surface area contributed by atoms with Crippen LogP contribution >= 0.6 is 11.6 Å². The van der Waals surface area contributed by atoms with Crippen LogP contribution in [-0.4, -0.2) is 48.0 Å². The summed E-state index contributed by atoms with van der Waals surface area (Å²) in [5.74, 6) is 0.253. The van der Waals surface area contributed by atoms with E-state index in [0.29, 0.717) is 22.2 Å². The zero-order valence-electron chi connectivity index (χ0n) is 14.1. The van der Waals surface area contributed by atoms with Gasteiger partial charge in [-0.15, -0.1) is 0 Å². The van der Waals surface area contributed by atoms with Crippen molar-refractivity contribution in [1.82, 2.24) is 14.9 Å². The van der Waals surface area contributed by atoms with Gasteiger partial charge in [-0.05, 0) is 51.7 Å². The van der Waals surface area contributed by atoms with Gasteiger partial charge in [0.05, 0.1) is 5.56 Å². The summed E-state index contributed by atoms with van der Waals surface area (Å²) in [6, 6.07) is 5.38. The van der Waals surface area contributed by atoms with E-state index >= 15 is 0 Å². The molecular weight excluding hydrogens is 326 g/mol. The second-order valence-electron chi connectivity index (χ2n) is 5.75. The first-order chi connectivity index (χ1) is 11.5. The summed E-state index contributed by atoms with van der Waals surface area (Å²) in [5, 5.41) is 6.57. The Labute approximate surface area is 147 Å². The second-order valence-corrected chi connectivity index (χ2v) is 6.15. The predicted octanol–water partition coefficient (Wildman–Crippen LogP) is 3.05. The SMILES string of the molecule is Cc1c(Cl)cccc1NC(=O)c1cnc(NCCCN(C)C)nc1. The van der Waals surface area contributed by atoms with Gasteiger partial charge in [-0.1, -0.05) is 17.7 Å². The highest BCUT2D eigenvalue weighted by molar-refractivity contribution is 6.31. The van der Waals surface area contributed by atoms with E-state index in [4.69, 9.17) is 11.6 Å². The largest absolute Gasteiger partial charge is 0.354 e. The van der Waals surface area contributed by atoms with Crippen LogP contribution in [0.1, 0.15) is 22.3 Å². The molecule has 0 saturated carbocycles. The molecule has 0 radical (unpaired) electrons. The van der Waals surface area contributed by atoms with E-state index < -0.39 is 0 Å². The van der Waals surface area contributed by atoms with Crippen molar-refractivity contribution < 1.29 is 4.79 Å². The van der Waals surface area contributed by atoms with E-state index in [1.165, 1.54) is 12.4 Å². The van der Waals surface area contributed by atoms with Gasteiger partial charge >= 0.3 is 0 Å². The fourth-order valence-electron chi connectivity index (χ4n) is 2.07. The first kappa shape index (κ1) is 18.2. The number of amides is 1. The van der Waals surface area contributed by atoms with E-state index in [1.54, 1.807) is 18.2 Å². The molecular formula is C17H22ClN5O. The molecule has 2 N–H and O–H groups in total. The number of nitrogens with one attached hydrogen (secondary N) is 2. The summed E-state index contributed by atoms with van der Waals surface area (Å²) in [4.78, 5) is 22.7.